The fourth-order valence-corrected chi connectivity index (χ4v) is 1.14. The van der Waals surface area contributed by atoms with E-state index in [1.54, 1.807) is 18.2 Å². The molecule has 0 unspecified atom stereocenters. The lowest BCUT2D eigenvalue weighted by Crippen LogP contribution is -2.05. The van der Waals surface area contributed by atoms with E-state index in [2.05, 4.69) is 5.32 Å². The van der Waals surface area contributed by atoms with Crippen molar-refractivity contribution in [2.75, 3.05) is 19.3 Å². The van der Waals surface area contributed by atoms with E-state index in [0.29, 0.717) is 5.69 Å². The van der Waals surface area contributed by atoms with E-state index in [9.17, 15) is 5.11 Å². The smallest absolute Gasteiger partial charge is 0.122 e. The monoisotopic (exact) mass is 192 g/mol. The Morgan fingerprint density at radius 1 is 1.50 bits per heavy atom. The van der Waals surface area contributed by atoms with Crippen LogP contribution in [0.2, 0.25) is 0 Å². The summed E-state index contributed by atoms with van der Waals surface area (Å²) in [5.41, 5.74) is 7.03. The first-order valence-corrected chi connectivity index (χ1v) is 4.63. The van der Waals surface area contributed by atoms with Gasteiger partial charge in [0.15, 0.2) is 0 Å². The third-order valence-electron chi connectivity index (χ3n) is 1.91. The molecule has 0 fully saturated rings. The summed E-state index contributed by atoms with van der Waals surface area (Å²) in [4.78, 5) is 0. The summed E-state index contributed by atoms with van der Waals surface area (Å²) in [6, 6.07) is 5.04. The lowest BCUT2D eigenvalue weighted by Gasteiger charge is -2.00. The predicted octanol–water partition coefficient (Wildman–Crippen LogP) is 1.60. The number of hydrogen-bond acceptors (Lipinski definition) is 3. The first-order chi connectivity index (χ1) is 6.74. The summed E-state index contributed by atoms with van der Waals surface area (Å²) in [7, 11) is 1.91. The van der Waals surface area contributed by atoms with Crippen LogP contribution in [-0.4, -0.2) is 18.7 Å². The Bertz CT molecular complexity index is 321. The average Bonchev–Trinajstić information content (AvgIpc) is 2.18. The van der Waals surface area contributed by atoms with Gasteiger partial charge in [-0.05, 0) is 38.2 Å². The van der Waals surface area contributed by atoms with Gasteiger partial charge in [-0.3, -0.25) is 0 Å². The Morgan fingerprint density at radius 2 is 2.29 bits per heavy atom. The van der Waals surface area contributed by atoms with Gasteiger partial charge in [-0.25, -0.2) is 0 Å². The molecular weight excluding hydrogens is 176 g/mol. The molecule has 0 aliphatic rings. The summed E-state index contributed by atoms with van der Waals surface area (Å²) in [5, 5.41) is 12.5. The first kappa shape index (κ1) is 10.6. The highest BCUT2D eigenvalue weighted by Crippen LogP contribution is 2.20. The summed E-state index contributed by atoms with van der Waals surface area (Å²) >= 11 is 0. The fourth-order valence-electron chi connectivity index (χ4n) is 1.14. The van der Waals surface area contributed by atoms with Crippen molar-refractivity contribution >= 4 is 11.8 Å². The standard InChI is InChI=1S/C11H16N2O/c1-13-7-3-2-4-9-8-10(12)5-6-11(9)14/h2,4-6,8,13-14H,3,7,12H2,1H3. The molecule has 76 valence electrons. The highest BCUT2D eigenvalue weighted by Gasteiger charge is 1.96. The molecule has 0 saturated heterocycles. The average molecular weight is 192 g/mol. The quantitative estimate of drug-likeness (QED) is 0.386. The third-order valence-corrected chi connectivity index (χ3v) is 1.91. The molecule has 0 bridgehead atoms. The van der Waals surface area contributed by atoms with Gasteiger partial charge < -0.3 is 16.2 Å². The number of phenolic OH excluding ortho intramolecular Hbond substituents is 1. The zero-order valence-electron chi connectivity index (χ0n) is 8.33. The summed E-state index contributed by atoms with van der Waals surface area (Å²) in [6.07, 6.45) is 4.82. The molecule has 3 nitrogen and oxygen atoms in total. The SMILES string of the molecule is CNCCC=Cc1cc(N)ccc1O. The topological polar surface area (TPSA) is 58.3 Å². The fraction of sp³-hybridized carbons (Fsp3) is 0.273. The molecule has 0 aliphatic heterocycles. The molecule has 1 aromatic carbocycles. The van der Waals surface area contributed by atoms with Crippen LogP contribution in [0.4, 0.5) is 5.69 Å². The highest BCUT2D eigenvalue weighted by atomic mass is 16.3. The molecule has 1 aromatic rings. The molecule has 0 aromatic heterocycles. The van der Waals surface area contributed by atoms with Crippen molar-refractivity contribution in [3.8, 4) is 5.75 Å². The minimum absolute atomic E-state index is 0.264. The second-order valence-electron chi connectivity index (χ2n) is 3.11. The Kier molecular flexibility index (Phi) is 4.01. The van der Waals surface area contributed by atoms with Crippen molar-refractivity contribution in [2.45, 2.75) is 6.42 Å². The number of anilines is 1. The van der Waals surface area contributed by atoms with Crippen LogP contribution in [0.5, 0.6) is 5.75 Å². The van der Waals surface area contributed by atoms with E-state index in [1.165, 1.54) is 0 Å². The molecule has 4 N–H and O–H groups in total. The predicted molar refractivity (Wildman–Crippen MR) is 60.1 cm³/mol. The van der Waals surface area contributed by atoms with Crippen LogP contribution in [0, 0.1) is 0 Å². The van der Waals surface area contributed by atoms with E-state index < -0.39 is 0 Å². The minimum Gasteiger partial charge on any atom is -0.507 e. The van der Waals surface area contributed by atoms with Gasteiger partial charge in [0, 0.05) is 11.3 Å². The van der Waals surface area contributed by atoms with Crippen LogP contribution in [-0.2, 0) is 0 Å². The van der Waals surface area contributed by atoms with Crippen molar-refractivity contribution in [1.82, 2.24) is 5.32 Å². The molecule has 0 spiro atoms. The first-order valence-electron chi connectivity index (χ1n) is 4.63. The molecular formula is C11H16N2O. The van der Waals surface area contributed by atoms with E-state index in [0.717, 1.165) is 18.5 Å². The van der Waals surface area contributed by atoms with Gasteiger partial charge >= 0.3 is 0 Å². The van der Waals surface area contributed by atoms with Gasteiger partial charge in [0.2, 0.25) is 0 Å². The summed E-state index contributed by atoms with van der Waals surface area (Å²) in [5.74, 6) is 0.264. The number of aromatic hydroxyl groups is 1. The van der Waals surface area contributed by atoms with Crippen LogP contribution in [0.3, 0.4) is 0 Å². The number of nitrogens with two attached hydrogens (primary N) is 1. The Morgan fingerprint density at radius 3 is 3.00 bits per heavy atom. The zero-order valence-corrected chi connectivity index (χ0v) is 8.33. The largest absolute Gasteiger partial charge is 0.507 e. The highest BCUT2D eigenvalue weighted by molar-refractivity contribution is 5.61. The van der Waals surface area contributed by atoms with Gasteiger partial charge in [-0.15, -0.1) is 0 Å². The van der Waals surface area contributed by atoms with Crippen molar-refractivity contribution in [3.63, 3.8) is 0 Å². The molecule has 0 heterocycles. The van der Waals surface area contributed by atoms with E-state index in [-0.39, 0.29) is 5.75 Å². The van der Waals surface area contributed by atoms with Gasteiger partial charge in [-0.2, -0.15) is 0 Å². The molecule has 3 heteroatoms. The van der Waals surface area contributed by atoms with Crippen LogP contribution >= 0.6 is 0 Å². The van der Waals surface area contributed by atoms with Crippen molar-refractivity contribution in [2.24, 2.45) is 0 Å². The second-order valence-corrected chi connectivity index (χ2v) is 3.11. The lowest BCUT2D eigenvalue weighted by molar-refractivity contribution is 0.474. The van der Waals surface area contributed by atoms with E-state index in [1.807, 2.05) is 19.2 Å². The number of benzene rings is 1. The molecule has 0 atom stereocenters. The van der Waals surface area contributed by atoms with Crippen molar-refractivity contribution in [3.05, 3.63) is 29.8 Å². The number of phenols is 1. The minimum atomic E-state index is 0.264. The number of rotatable bonds is 4. The molecule has 0 aliphatic carbocycles. The maximum atomic E-state index is 9.47. The van der Waals surface area contributed by atoms with Crippen molar-refractivity contribution in [1.29, 1.82) is 0 Å². The Hall–Kier alpha value is -1.48. The normalized spacial score (nSPS) is 10.9. The van der Waals surface area contributed by atoms with E-state index >= 15 is 0 Å². The number of nitrogens with one attached hydrogen (secondary N) is 1. The molecule has 14 heavy (non-hydrogen) atoms. The Labute approximate surface area is 84.3 Å². The van der Waals surface area contributed by atoms with E-state index in [4.69, 9.17) is 5.73 Å². The van der Waals surface area contributed by atoms with Gasteiger partial charge in [0.05, 0.1) is 0 Å². The van der Waals surface area contributed by atoms with Crippen molar-refractivity contribution < 1.29 is 5.11 Å². The number of nitrogen functional groups attached to an aromatic ring is 1. The third kappa shape index (κ3) is 3.11. The van der Waals surface area contributed by atoms with Gasteiger partial charge in [0.1, 0.15) is 5.75 Å². The van der Waals surface area contributed by atoms with Gasteiger partial charge in [0.25, 0.3) is 0 Å². The maximum absolute atomic E-state index is 9.47. The van der Waals surface area contributed by atoms with Crippen LogP contribution in [0.1, 0.15) is 12.0 Å². The zero-order chi connectivity index (χ0) is 10.4. The van der Waals surface area contributed by atoms with Crippen LogP contribution in [0.25, 0.3) is 6.08 Å². The molecule has 0 saturated carbocycles. The Balaban J connectivity index is 2.65. The summed E-state index contributed by atoms with van der Waals surface area (Å²) < 4.78 is 0. The second kappa shape index (κ2) is 5.29. The summed E-state index contributed by atoms with van der Waals surface area (Å²) in [6.45, 7) is 0.930. The van der Waals surface area contributed by atoms with Crippen LogP contribution in [0.15, 0.2) is 24.3 Å². The molecule has 0 radical (unpaired) electrons. The lowest BCUT2D eigenvalue weighted by atomic mass is 10.1. The van der Waals surface area contributed by atoms with Gasteiger partial charge in [-0.1, -0.05) is 12.2 Å². The van der Waals surface area contributed by atoms with Crippen LogP contribution < -0.4 is 11.1 Å². The number of hydrogen-bond donors (Lipinski definition) is 3. The molecule has 1 rings (SSSR count). The molecule has 0 amide bonds. The maximum Gasteiger partial charge on any atom is 0.122 e.